The lowest BCUT2D eigenvalue weighted by atomic mass is 9.45. The molecule has 102 valence electrons. The van der Waals surface area contributed by atoms with Crippen molar-refractivity contribution in [1.82, 2.24) is 0 Å². The highest BCUT2D eigenvalue weighted by Gasteiger charge is 2.56. The highest BCUT2D eigenvalue weighted by Crippen LogP contribution is 2.63. The maximum Gasteiger partial charge on any atom is 0.404 e. The van der Waals surface area contributed by atoms with Gasteiger partial charge in [-0.25, -0.2) is 4.79 Å². The molecule has 0 aromatic rings. The van der Waals surface area contributed by atoms with Gasteiger partial charge >= 0.3 is 6.09 Å². The van der Waals surface area contributed by atoms with E-state index in [1.807, 2.05) is 0 Å². The van der Waals surface area contributed by atoms with Crippen LogP contribution in [0.25, 0.3) is 0 Å². The zero-order valence-electron chi connectivity index (χ0n) is 11.5. The van der Waals surface area contributed by atoms with Gasteiger partial charge in [0.15, 0.2) is 0 Å². The summed E-state index contributed by atoms with van der Waals surface area (Å²) in [4.78, 5) is 10.9. The predicted octanol–water partition coefficient (Wildman–Crippen LogP) is 3.18. The standard InChI is InChI=1S/C15H25NO2/c1-9(2)13-11-3-10-4-12(13)7-15(5-10,6-11)8-18-14(16)17/h9-13H,3-8H2,1-2H3,(H2,16,17)/t10?,11?,12?,13-,15-. The summed E-state index contributed by atoms with van der Waals surface area (Å²) in [7, 11) is 0. The zero-order valence-corrected chi connectivity index (χ0v) is 11.5. The van der Waals surface area contributed by atoms with Gasteiger partial charge in [0.2, 0.25) is 0 Å². The minimum absolute atomic E-state index is 0.275. The molecule has 2 unspecified atom stereocenters. The number of amides is 1. The van der Waals surface area contributed by atoms with Crippen molar-refractivity contribution in [2.45, 2.75) is 46.0 Å². The summed E-state index contributed by atoms with van der Waals surface area (Å²) in [6.07, 6.45) is 6.01. The molecular formula is C15H25NO2. The Bertz CT molecular complexity index is 336. The summed E-state index contributed by atoms with van der Waals surface area (Å²) < 4.78 is 5.16. The Kier molecular flexibility index (Phi) is 2.83. The smallest absolute Gasteiger partial charge is 0.404 e. The SMILES string of the molecule is CC(C)[C@H]1C2CC3CC1C[C@](COC(N)=O)(C3)C2. The predicted molar refractivity (Wildman–Crippen MR) is 69.9 cm³/mol. The maximum absolute atomic E-state index is 10.9. The van der Waals surface area contributed by atoms with Gasteiger partial charge in [-0.05, 0) is 61.7 Å². The third kappa shape index (κ3) is 1.92. The Morgan fingerprint density at radius 3 is 2.39 bits per heavy atom. The van der Waals surface area contributed by atoms with Crippen LogP contribution in [0.3, 0.4) is 0 Å². The molecule has 1 amide bonds. The van der Waals surface area contributed by atoms with Crippen LogP contribution in [0, 0.1) is 35.0 Å². The van der Waals surface area contributed by atoms with Crippen molar-refractivity contribution < 1.29 is 9.53 Å². The van der Waals surface area contributed by atoms with Crippen molar-refractivity contribution >= 4 is 6.09 Å². The van der Waals surface area contributed by atoms with E-state index in [9.17, 15) is 4.79 Å². The van der Waals surface area contributed by atoms with Crippen LogP contribution in [0.2, 0.25) is 0 Å². The Morgan fingerprint density at radius 2 is 1.89 bits per heavy atom. The minimum atomic E-state index is -0.605. The topological polar surface area (TPSA) is 52.3 Å². The van der Waals surface area contributed by atoms with E-state index in [1.165, 1.54) is 32.1 Å². The normalized spacial score (nSPS) is 45.5. The molecule has 2 N–H and O–H groups in total. The molecule has 0 aliphatic heterocycles. The Labute approximate surface area is 109 Å². The lowest BCUT2D eigenvalue weighted by Gasteiger charge is -2.61. The number of carbonyl (C=O) groups is 1. The molecule has 4 bridgehead atoms. The Morgan fingerprint density at radius 1 is 1.28 bits per heavy atom. The lowest BCUT2D eigenvalue weighted by Crippen LogP contribution is -2.54. The van der Waals surface area contributed by atoms with E-state index in [1.54, 1.807) is 0 Å². The van der Waals surface area contributed by atoms with Gasteiger partial charge in [-0.3, -0.25) is 0 Å². The quantitative estimate of drug-likeness (QED) is 0.837. The molecule has 0 aromatic carbocycles. The van der Waals surface area contributed by atoms with Crippen LogP contribution in [0.4, 0.5) is 4.79 Å². The van der Waals surface area contributed by atoms with E-state index in [2.05, 4.69) is 13.8 Å². The van der Waals surface area contributed by atoms with Crippen LogP contribution >= 0.6 is 0 Å². The molecule has 0 heterocycles. The summed E-state index contributed by atoms with van der Waals surface area (Å²) in [5, 5.41) is 0. The molecule has 4 rings (SSSR count). The van der Waals surface area contributed by atoms with E-state index in [0.29, 0.717) is 6.61 Å². The molecule has 0 saturated heterocycles. The van der Waals surface area contributed by atoms with Crippen LogP contribution in [-0.2, 0) is 4.74 Å². The summed E-state index contributed by atoms with van der Waals surface area (Å²) in [5.41, 5.74) is 5.41. The second-order valence-corrected chi connectivity index (χ2v) is 7.40. The molecule has 4 fully saturated rings. The van der Waals surface area contributed by atoms with Crippen molar-refractivity contribution in [2.24, 2.45) is 40.7 Å². The van der Waals surface area contributed by atoms with Gasteiger partial charge in [-0.15, -0.1) is 0 Å². The molecule has 2 atom stereocenters. The molecule has 0 spiro atoms. The number of ether oxygens (including phenoxy) is 1. The summed E-state index contributed by atoms with van der Waals surface area (Å²) in [6.45, 7) is 5.32. The second kappa shape index (κ2) is 4.14. The monoisotopic (exact) mass is 251 g/mol. The van der Waals surface area contributed by atoms with E-state index < -0.39 is 6.09 Å². The lowest BCUT2D eigenvalue weighted by molar-refractivity contribution is -0.127. The molecule has 0 radical (unpaired) electrons. The molecule has 18 heavy (non-hydrogen) atoms. The van der Waals surface area contributed by atoms with Gasteiger partial charge in [0.25, 0.3) is 0 Å². The highest BCUT2D eigenvalue weighted by atomic mass is 16.5. The second-order valence-electron chi connectivity index (χ2n) is 7.40. The minimum Gasteiger partial charge on any atom is -0.449 e. The fraction of sp³-hybridized carbons (Fsp3) is 0.933. The number of hydrogen-bond acceptors (Lipinski definition) is 2. The Hall–Kier alpha value is -0.730. The van der Waals surface area contributed by atoms with Crippen LogP contribution in [0.1, 0.15) is 46.0 Å². The van der Waals surface area contributed by atoms with E-state index in [-0.39, 0.29) is 5.41 Å². The average molecular weight is 251 g/mol. The van der Waals surface area contributed by atoms with Gasteiger partial charge in [0, 0.05) is 5.41 Å². The number of rotatable bonds is 3. The first-order valence-electron chi connectivity index (χ1n) is 7.41. The fourth-order valence-corrected chi connectivity index (χ4v) is 5.72. The average Bonchev–Trinajstić information content (AvgIpc) is 2.24. The molecule has 4 aliphatic carbocycles. The zero-order chi connectivity index (χ0) is 12.9. The van der Waals surface area contributed by atoms with Gasteiger partial charge in [0.05, 0.1) is 6.61 Å². The molecular weight excluding hydrogens is 226 g/mol. The van der Waals surface area contributed by atoms with Gasteiger partial charge in [0.1, 0.15) is 0 Å². The van der Waals surface area contributed by atoms with E-state index >= 15 is 0 Å². The van der Waals surface area contributed by atoms with Crippen LogP contribution in [0.5, 0.6) is 0 Å². The number of carbonyl (C=O) groups excluding carboxylic acids is 1. The first-order chi connectivity index (χ1) is 8.49. The van der Waals surface area contributed by atoms with E-state index in [0.717, 1.165) is 29.6 Å². The molecule has 3 heteroatoms. The fourth-order valence-electron chi connectivity index (χ4n) is 5.72. The third-order valence-corrected chi connectivity index (χ3v) is 5.76. The third-order valence-electron chi connectivity index (χ3n) is 5.76. The summed E-state index contributed by atoms with van der Waals surface area (Å²) >= 11 is 0. The Balaban J connectivity index is 1.76. The maximum atomic E-state index is 10.9. The van der Waals surface area contributed by atoms with Crippen LogP contribution < -0.4 is 5.73 Å². The van der Waals surface area contributed by atoms with Gasteiger partial charge in [-0.1, -0.05) is 13.8 Å². The van der Waals surface area contributed by atoms with Crippen LogP contribution in [-0.4, -0.2) is 12.7 Å². The number of nitrogens with two attached hydrogens (primary N) is 1. The largest absolute Gasteiger partial charge is 0.449 e. The molecule has 4 aliphatic rings. The van der Waals surface area contributed by atoms with Gasteiger partial charge in [-0.2, -0.15) is 0 Å². The van der Waals surface area contributed by atoms with Crippen molar-refractivity contribution in [3.8, 4) is 0 Å². The van der Waals surface area contributed by atoms with Crippen molar-refractivity contribution in [1.29, 1.82) is 0 Å². The molecule has 4 saturated carbocycles. The first-order valence-corrected chi connectivity index (χ1v) is 7.41. The van der Waals surface area contributed by atoms with Crippen LogP contribution in [0.15, 0.2) is 0 Å². The van der Waals surface area contributed by atoms with Crippen molar-refractivity contribution in [3.63, 3.8) is 0 Å². The molecule has 3 nitrogen and oxygen atoms in total. The van der Waals surface area contributed by atoms with Crippen molar-refractivity contribution in [3.05, 3.63) is 0 Å². The highest BCUT2D eigenvalue weighted by molar-refractivity contribution is 5.64. The van der Waals surface area contributed by atoms with Crippen molar-refractivity contribution in [2.75, 3.05) is 6.61 Å². The number of primary amides is 1. The summed E-state index contributed by atoms with van der Waals surface area (Å²) in [6, 6.07) is 0. The first kappa shape index (κ1) is 12.3. The molecule has 0 aromatic heterocycles. The number of hydrogen-bond donors (Lipinski definition) is 1. The summed E-state index contributed by atoms with van der Waals surface area (Å²) in [5.74, 6) is 4.33. The van der Waals surface area contributed by atoms with E-state index in [4.69, 9.17) is 10.5 Å². The van der Waals surface area contributed by atoms with Gasteiger partial charge < -0.3 is 10.5 Å².